The molecule has 0 spiro atoms. The van der Waals surface area contributed by atoms with Gasteiger partial charge in [0.2, 0.25) is 0 Å². The molecule has 2 aromatic rings. The largest absolute Gasteiger partial charge is 0.379 e. The summed E-state index contributed by atoms with van der Waals surface area (Å²) in [4.78, 5) is 4.71. The Bertz CT molecular complexity index is 801. The molecular formula is C24H32ClN3OS. The minimum atomic E-state index is 0.693. The molecule has 0 amide bonds. The lowest BCUT2D eigenvalue weighted by molar-refractivity contribution is 0.0368. The number of hydrogen-bond acceptors (Lipinski definition) is 3. The van der Waals surface area contributed by atoms with Crippen molar-refractivity contribution < 1.29 is 4.74 Å². The van der Waals surface area contributed by atoms with Crippen LogP contribution in [0.3, 0.4) is 0 Å². The highest BCUT2D eigenvalue weighted by Gasteiger charge is 2.15. The first-order valence-electron chi connectivity index (χ1n) is 10.8. The minimum absolute atomic E-state index is 0.693. The van der Waals surface area contributed by atoms with Gasteiger partial charge in [0.1, 0.15) is 0 Å². The minimum Gasteiger partial charge on any atom is -0.379 e. The second kappa shape index (κ2) is 11.7. The maximum absolute atomic E-state index is 6.42. The summed E-state index contributed by atoms with van der Waals surface area (Å²) in [6.07, 6.45) is 2.10. The Kier molecular flexibility index (Phi) is 8.94. The lowest BCUT2D eigenvalue weighted by atomic mass is 10.1. The second-order valence-corrected chi connectivity index (χ2v) is 8.55. The van der Waals surface area contributed by atoms with Crippen molar-refractivity contribution in [3.05, 3.63) is 64.2 Å². The summed E-state index contributed by atoms with van der Waals surface area (Å²) in [7, 11) is 0. The first-order valence-corrected chi connectivity index (χ1v) is 11.5. The van der Waals surface area contributed by atoms with Crippen LogP contribution >= 0.6 is 23.8 Å². The van der Waals surface area contributed by atoms with Gasteiger partial charge in [-0.1, -0.05) is 54.9 Å². The molecule has 0 aliphatic carbocycles. The summed E-state index contributed by atoms with van der Waals surface area (Å²) >= 11 is 12.2. The van der Waals surface area contributed by atoms with E-state index in [1.807, 2.05) is 25.1 Å². The molecule has 162 valence electrons. The average Bonchev–Trinajstić information content (AvgIpc) is 2.77. The Morgan fingerprint density at radius 3 is 2.50 bits per heavy atom. The first kappa shape index (κ1) is 23.0. The number of hydrogen-bond donors (Lipinski definition) is 1. The number of aryl methyl sites for hydroxylation is 2. The Labute approximate surface area is 191 Å². The molecule has 6 heteroatoms. The number of anilines is 1. The van der Waals surface area contributed by atoms with Gasteiger partial charge in [-0.15, -0.1) is 0 Å². The lowest BCUT2D eigenvalue weighted by Crippen LogP contribution is -2.40. The number of benzene rings is 2. The number of para-hydroxylation sites is 1. The first-order chi connectivity index (χ1) is 14.6. The smallest absolute Gasteiger partial charge is 0.173 e. The summed E-state index contributed by atoms with van der Waals surface area (Å²) in [6, 6.07) is 14.7. The molecule has 0 unspecified atom stereocenters. The number of halogens is 1. The van der Waals surface area contributed by atoms with Crippen molar-refractivity contribution in [1.29, 1.82) is 0 Å². The number of morpholine rings is 1. The number of nitrogens with zero attached hydrogens (tertiary/aromatic N) is 2. The molecule has 0 saturated carbocycles. The summed E-state index contributed by atoms with van der Waals surface area (Å²) < 4.78 is 5.46. The number of thiocarbonyl (C=S) groups is 1. The average molecular weight is 446 g/mol. The fraction of sp³-hybridized carbons (Fsp3) is 0.458. The van der Waals surface area contributed by atoms with Crippen LogP contribution in [-0.2, 0) is 17.7 Å². The Balaban J connectivity index is 1.67. The van der Waals surface area contributed by atoms with Gasteiger partial charge in [-0.2, -0.15) is 0 Å². The Hall–Kier alpha value is -1.66. The molecule has 1 aliphatic heterocycles. The van der Waals surface area contributed by atoms with Gasteiger partial charge in [0, 0.05) is 32.7 Å². The summed E-state index contributed by atoms with van der Waals surface area (Å²) in [5.41, 5.74) is 4.60. The van der Waals surface area contributed by atoms with E-state index < -0.39 is 0 Å². The van der Waals surface area contributed by atoms with Crippen LogP contribution in [0.1, 0.15) is 30.0 Å². The van der Waals surface area contributed by atoms with Crippen molar-refractivity contribution in [3.8, 4) is 0 Å². The molecule has 1 saturated heterocycles. The molecule has 1 heterocycles. The molecule has 4 nitrogen and oxygen atoms in total. The van der Waals surface area contributed by atoms with E-state index in [-0.39, 0.29) is 0 Å². The van der Waals surface area contributed by atoms with Gasteiger partial charge in [-0.25, -0.2) is 0 Å². The van der Waals surface area contributed by atoms with Crippen LogP contribution in [0.5, 0.6) is 0 Å². The third kappa shape index (κ3) is 6.67. The van der Waals surface area contributed by atoms with Gasteiger partial charge in [-0.3, -0.25) is 4.90 Å². The highest BCUT2D eigenvalue weighted by Crippen LogP contribution is 2.26. The fourth-order valence-electron chi connectivity index (χ4n) is 3.64. The van der Waals surface area contributed by atoms with E-state index in [0.29, 0.717) is 10.1 Å². The van der Waals surface area contributed by atoms with E-state index in [0.717, 1.165) is 70.0 Å². The molecule has 1 aliphatic rings. The van der Waals surface area contributed by atoms with E-state index in [1.165, 1.54) is 11.1 Å². The maximum Gasteiger partial charge on any atom is 0.173 e. The predicted octanol–water partition coefficient (Wildman–Crippen LogP) is 5.13. The van der Waals surface area contributed by atoms with E-state index in [1.54, 1.807) is 0 Å². The predicted molar refractivity (Wildman–Crippen MR) is 131 cm³/mol. The fourth-order valence-corrected chi connectivity index (χ4v) is 4.17. The standard InChI is InChI=1S/C24H32ClN3OS/c1-3-20-8-10-21(11-9-20)18-28(13-5-12-27-14-16-29-17-15-27)24(30)26-23-19(2)6-4-7-22(23)25/h4,6-11H,3,5,12-18H2,1-2H3,(H,26,30). The maximum atomic E-state index is 6.42. The van der Waals surface area contributed by atoms with Crippen LogP contribution in [-0.4, -0.2) is 54.3 Å². The van der Waals surface area contributed by atoms with Crippen LogP contribution in [0, 0.1) is 6.92 Å². The van der Waals surface area contributed by atoms with Crippen molar-refractivity contribution in [1.82, 2.24) is 9.80 Å². The van der Waals surface area contributed by atoms with Crippen LogP contribution in [0.15, 0.2) is 42.5 Å². The molecule has 0 radical (unpaired) electrons. The summed E-state index contributed by atoms with van der Waals surface area (Å²) in [5, 5.41) is 4.81. The normalized spacial score (nSPS) is 14.5. The van der Waals surface area contributed by atoms with Crippen molar-refractivity contribution in [2.24, 2.45) is 0 Å². The monoisotopic (exact) mass is 445 g/mol. The van der Waals surface area contributed by atoms with Crippen molar-refractivity contribution in [3.63, 3.8) is 0 Å². The third-order valence-corrected chi connectivity index (χ3v) is 6.23. The number of rotatable bonds is 8. The molecular weight excluding hydrogens is 414 g/mol. The molecule has 2 aromatic carbocycles. The molecule has 30 heavy (non-hydrogen) atoms. The molecule has 0 atom stereocenters. The van der Waals surface area contributed by atoms with Gasteiger partial charge in [0.15, 0.2) is 5.11 Å². The quantitative estimate of drug-likeness (QED) is 0.568. The van der Waals surface area contributed by atoms with Gasteiger partial charge >= 0.3 is 0 Å². The Morgan fingerprint density at radius 2 is 1.83 bits per heavy atom. The van der Waals surface area contributed by atoms with Gasteiger partial charge in [-0.05, 0) is 54.7 Å². The highest BCUT2D eigenvalue weighted by molar-refractivity contribution is 7.80. The van der Waals surface area contributed by atoms with Gasteiger partial charge in [0.05, 0.1) is 23.9 Å². The molecule has 0 bridgehead atoms. The van der Waals surface area contributed by atoms with E-state index >= 15 is 0 Å². The molecule has 3 rings (SSSR count). The van der Waals surface area contributed by atoms with E-state index in [4.69, 9.17) is 28.6 Å². The highest BCUT2D eigenvalue weighted by atomic mass is 35.5. The van der Waals surface area contributed by atoms with Gasteiger partial charge in [0.25, 0.3) is 0 Å². The van der Waals surface area contributed by atoms with Crippen LogP contribution < -0.4 is 5.32 Å². The van der Waals surface area contributed by atoms with Crippen molar-refractivity contribution in [2.75, 3.05) is 44.7 Å². The number of nitrogens with one attached hydrogen (secondary N) is 1. The van der Waals surface area contributed by atoms with Gasteiger partial charge < -0.3 is 15.0 Å². The zero-order chi connectivity index (χ0) is 21.3. The van der Waals surface area contributed by atoms with Crippen molar-refractivity contribution >= 4 is 34.6 Å². The topological polar surface area (TPSA) is 27.7 Å². The van der Waals surface area contributed by atoms with Crippen LogP contribution in [0.4, 0.5) is 5.69 Å². The molecule has 1 fully saturated rings. The zero-order valence-corrected chi connectivity index (χ0v) is 19.6. The summed E-state index contributed by atoms with van der Waals surface area (Å²) in [6.45, 7) is 10.6. The second-order valence-electron chi connectivity index (χ2n) is 7.76. The van der Waals surface area contributed by atoms with E-state index in [2.05, 4.69) is 46.3 Å². The van der Waals surface area contributed by atoms with Crippen LogP contribution in [0.25, 0.3) is 0 Å². The SMILES string of the molecule is CCc1ccc(CN(CCCN2CCOCC2)C(=S)Nc2c(C)cccc2Cl)cc1. The zero-order valence-electron chi connectivity index (χ0n) is 18.0. The van der Waals surface area contributed by atoms with E-state index in [9.17, 15) is 0 Å². The van der Waals surface area contributed by atoms with Crippen LogP contribution in [0.2, 0.25) is 5.02 Å². The lowest BCUT2D eigenvalue weighted by Gasteiger charge is -2.30. The number of ether oxygens (including phenoxy) is 1. The molecule has 1 N–H and O–H groups in total. The third-order valence-electron chi connectivity index (χ3n) is 5.55. The summed E-state index contributed by atoms with van der Waals surface area (Å²) in [5.74, 6) is 0. The Morgan fingerprint density at radius 1 is 1.13 bits per heavy atom. The van der Waals surface area contributed by atoms with Crippen molar-refractivity contribution in [2.45, 2.75) is 33.2 Å². The molecule has 0 aromatic heterocycles.